The van der Waals surface area contributed by atoms with Crippen LogP contribution in [0.1, 0.15) is 31.4 Å². The molecule has 0 aliphatic carbocycles. The lowest BCUT2D eigenvalue weighted by molar-refractivity contribution is -0.111. The fourth-order valence-corrected chi connectivity index (χ4v) is 4.29. The zero-order valence-electron chi connectivity index (χ0n) is 21.4. The van der Waals surface area contributed by atoms with Crippen LogP contribution in [0.15, 0.2) is 97.1 Å². The van der Waals surface area contributed by atoms with E-state index in [-0.39, 0.29) is 11.8 Å². The van der Waals surface area contributed by atoms with Gasteiger partial charge in [-0.05, 0) is 66.1 Å². The molecule has 8 heteroatoms. The van der Waals surface area contributed by atoms with Crippen LogP contribution < -0.4 is 16.4 Å². The number of amides is 2. The number of carbonyl (C=O) groups is 2. The van der Waals surface area contributed by atoms with E-state index in [0.717, 1.165) is 16.8 Å². The fourth-order valence-electron chi connectivity index (χ4n) is 4.29. The molecular formula is C31H30FN3O4. The van der Waals surface area contributed by atoms with Crippen molar-refractivity contribution in [3.8, 4) is 5.75 Å². The van der Waals surface area contributed by atoms with Gasteiger partial charge in [-0.15, -0.1) is 0 Å². The lowest BCUT2D eigenvalue weighted by Crippen LogP contribution is -2.22. The molecule has 4 aromatic carbocycles. The number of nitrogen functional groups attached to an aromatic ring is 1. The second-order valence-corrected chi connectivity index (χ2v) is 9.22. The molecule has 0 bridgehead atoms. The van der Waals surface area contributed by atoms with Crippen molar-refractivity contribution in [3.63, 3.8) is 0 Å². The number of nitrogens with two attached hydrogens (primary N) is 1. The molecule has 0 aromatic heterocycles. The first kappa shape index (κ1) is 27.2. The smallest absolute Gasteiger partial charge is 0.412 e. The SMILES string of the molecule is C[C@@H](CC/C=C/C(=O)Nc1ccccc1N)[C@@H](OC(=O)Nc1cccc2ccccc12)c1ccc(O)c(F)c1. The van der Waals surface area contributed by atoms with Gasteiger partial charge in [0, 0.05) is 5.39 Å². The molecule has 2 amide bonds. The van der Waals surface area contributed by atoms with Crippen LogP contribution in [0.3, 0.4) is 0 Å². The quantitative estimate of drug-likeness (QED) is 0.136. The third-order valence-electron chi connectivity index (χ3n) is 6.35. The predicted molar refractivity (Wildman–Crippen MR) is 152 cm³/mol. The second kappa shape index (κ2) is 12.6. The number of ether oxygens (including phenoxy) is 1. The number of benzene rings is 4. The maximum Gasteiger partial charge on any atom is 0.412 e. The molecule has 0 aliphatic heterocycles. The number of hydrogen-bond donors (Lipinski definition) is 4. The number of para-hydroxylation sites is 2. The highest BCUT2D eigenvalue weighted by molar-refractivity contribution is 6.01. The van der Waals surface area contributed by atoms with E-state index in [0.29, 0.717) is 35.5 Å². The number of anilines is 3. The van der Waals surface area contributed by atoms with Gasteiger partial charge in [-0.1, -0.05) is 67.6 Å². The highest BCUT2D eigenvalue weighted by atomic mass is 19.1. The Hall–Kier alpha value is -4.85. The van der Waals surface area contributed by atoms with Gasteiger partial charge in [-0.2, -0.15) is 0 Å². The molecule has 0 aliphatic rings. The summed E-state index contributed by atoms with van der Waals surface area (Å²) in [6, 6.07) is 24.1. The molecule has 0 heterocycles. The number of carbonyl (C=O) groups excluding carboxylic acids is 2. The minimum Gasteiger partial charge on any atom is -0.505 e. The lowest BCUT2D eigenvalue weighted by atomic mass is 9.93. The number of phenols is 1. The van der Waals surface area contributed by atoms with Gasteiger partial charge in [0.15, 0.2) is 11.6 Å². The van der Waals surface area contributed by atoms with E-state index in [2.05, 4.69) is 10.6 Å². The Morgan fingerprint density at radius 2 is 1.69 bits per heavy atom. The summed E-state index contributed by atoms with van der Waals surface area (Å²) < 4.78 is 20.0. The molecule has 0 fully saturated rings. The van der Waals surface area contributed by atoms with Crippen molar-refractivity contribution < 1.29 is 23.8 Å². The van der Waals surface area contributed by atoms with E-state index < -0.39 is 23.8 Å². The van der Waals surface area contributed by atoms with Crippen molar-refractivity contribution in [3.05, 3.63) is 108 Å². The monoisotopic (exact) mass is 527 g/mol. The van der Waals surface area contributed by atoms with E-state index in [1.807, 2.05) is 43.3 Å². The Morgan fingerprint density at radius 3 is 2.49 bits per heavy atom. The number of halogens is 1. The van der Waals surface area contributed by atoms with Crippen LogP contribution in [-0.2, 0) is 9.53 Å². The average molecular weight is 528 g/mol. The summed E-state index contributed by atoms with van der Waals surface area (Å²) in [4.78, 5) is 25.2. The van der Waals surface area contributed by atoms with Crippen LogP contribution in [0, 0.1) is 11.7 Å². The Kier molecular flexibility index (Phi) is 8.78. The second-order valence-electron chi connectivity index (χ2n) is 9.22. The molecule has 0 spiro atoms. The van der Waals surface area contributed by atoms with E-state index in [4.69, 9.17) is 10.5 Å². The maximum absolute atomic E-state index is 14.2. The fraction of sp³-hybridized carbons (Fsp3) is 0.161. The van der Waals surface area contributed by atoms with Crippen LogP contribution in [0.5, 0.6) is 5.75 Å². The van der Waals surface area contributed by atoms with Crippen LogP contribution in [0.4, 0.5) is 26.2 Å². The van der Waals surface area contributed by atoms with Crippen molar-refractivity contribution >= 4 is 39.8 Å². The van der Waals surface area contributed by atoms with Crippen molar-refractivity contribution in [1.82, 2.24) is 0 Å². The number of fused-ring (bicyclic) bond motifs is 1. The Balaban J connectivity index is 1.43. The lowest BCUT2D eigenvalue weighted by Gasteiger charge is -2.25. The highest BCUT2D eigenvalue weighted by Gasteiger charge is 2.25. The molecule has 7 nitrogen and oxygen atoms in total. The number of hydrogen-bond acceptors (Lipinski definition) is 5. The van der Waals surface area contributed by atoms with Gasteiger partial charge in [0.2, 0.25) is 5.91 Å². The first-order valence-electron chi connectivity index (χ1n) is 12.6. The minimum absolute atomic E-state index is 0.246. The predicted octanol–water partition coefficient (Wildman–Crippen LogP) is 7.17. The molecule has 4 aromatic rings. The number of rotatable bonds is 9. The van der Waals surface area contributed by atoms with E-state index in [9.17, 15) is 19.1 Å². The summed E-state index contributed by atoms with van der Waals surface area (Å²) in [5, 5.41) is 17.0. The zero-order chi connectivity index (χ0) is 27.8. The van der Waals surface area contributed by atoms with Gasteiger partial charge in [0.1, 0.15) is 6.10 Å². The maximum atomic E-state index is 14.2. The van der Waals surface area contributed by atoms with Crippen LogP contribution in [0.25, 0.3) is 10.8 Å². The molecule has 0 saturated carbocycles. The minimum atomic E-state index is -0.806. The van der Waals surface area contributed by atoms with Crippen molar-refractivity contribution in [1.29, 1.82) is 0 Å². The zero-order valence-corrected chi connectivity index (χ0v) is 21.4. The Labute approximate surface area is 226 Å². The molecule has 0 unspecified atom stereocenters. The van der Waals surface area contributed by atoms with E-state index >= 15 is 0 Å². The van der Waals surface area contributed by atoms with Crippen molar-refractivity contribution in [2.45, 2.75) is 25.9 Å². The summed E-state index contributed by atoms with van der Waals surface area (Å²) in [5.74, 6) is -1.86. The molecule has 2 atom stereocenters. The Bertz CT molecular complexity index is 1500. The van der Waals surface area contributed by atoms with Crippen molar-refractivity contribution in [2.75, 3.05) is 16.4 Å². The largest absolute Gasteiger partial charge is 0.505 e. The summed E-state index contributed by atoms with van der Waals surface area (Å²) in [5.41, 5.74) is 7.86. The van der Waals surface area contributed by atoms with Gasteiger partial charge in [0.05, 0.1) is 17.1 Å². The van der Waals surface area contributed by atoms with Gasteiger partial charge in [-0.3, -0.25) is 10.1 Å². The van der Waals surface area contributed by atoms with Gasteiger partial charge in [-0.25, -0.2) is 9.18 Å². The molecule has 200 valence electrons. The molecule has 4 rings (SSSR count). The number of phenolic OH excluding ortho intramolecular Hbond substituents is 1. The summed E-state index contributed by atoms with van der Waals surface area (Å²) in [6.45, 7) is 1.87. The molecule has 0 saturated heterocycles. The first-order chi connectivity index (χ1) is 18.8. The van der Waals surface area contributed by atoms with E-state index in [1.54, 1.807) is 36.4 Å². The van der Waals surface area contributed by atoms with E-state index in [1.165, 1.54) is 18.2 Å². The molecular weight excluding hydrogens is 497 g/mol. The molecule has 0 radical (unpaired) electrons. The van der Waals surface area contributed by atoms with Gasteiger partial charge < -0.3 is 20.9 Å². The average Bonchev–Trinajstić information content (AvgIpc) is 2.93. The van der Waals surface area contributed by atoms with Gasteiger partial charge >= 0.3 is 6.09 Å². The third kappa shape index (κ3) is 7.13. The summed E-state index contributed by atoms with van der Waals surface area (Å²) in [6.07, 6.45) is 2.68. The number of nitrogens with one attached hydrogen (secondary N) is 2. The topological polar surface area (TPSA) is 114 Å². The Morgan fingerprint density at radius 1 is 0.974 bits per heavy atom. The van der Waals surface area contributed by atoms with Crippen LogP contribution in [-0.4, -0.2) is 17.1 Å². The summed E-state index contributed by atoms with van der Waals surface area (Å²) >= 11 is 0. The van der Waals surface area contributed by atoms with Gasteiger partial charge in [0.25, 0.3) is 0 Å². The normalized spacial score (nSPS) is 12.7. The number of aromatic hydroxyl groups is 1. The molecule has 5 N–H and O–H groups in total. The van der Waals surface area contributed by atoms with Crippen LogP contribution in [0.2, 0.25) is 0 Å². The number of allylic oxidation sites excluding steroid dienone is 1. The van der Waals surface area contributed by atoms with Crippen LogP contribution >= 0.6 is 0 Å². The first-order valence-corrected chi connectivity index (χ1v) is 12.6. The third-order valence-corrected chi connectivity index (χ3v) is 6.35. The highest BCUT2D eigenvalue weighted by Crippen LogP contribution is 2.33. The summed E-state index contributed by atoms with van der Waals surface area (Å²) in [7, 11) is 0. The standard InChI is InChI=1S/C31H30FN3O4/c1-20(9-2-7-16-29(37)34-27-14-6-5-13-25(27)33)30(22-17-18-28(36)24(32)19-22)39-31(38)35-26-15-8-11-21-10-3-4-12-23(21)26/h3-8,10-20,30,36H,2,9,33H2,1H3,(H,34,37)(H,35,38)/b16-7+/t20-,30+/m0/s1. The molecule has 39 heavy (non-hydrogen) atoms. The van der Waals surface area contributed by atoms with Crippen molar-refractivity contribution in [2.24, 2.45) is 5.92 Å².